The van der Waals surface area contributed by atoms with Crippen LogP contribution in [0.5, 0.6) is 0 Å². The molecule has 0 amide bonds. The zero-order chi connectivity index (χ0) is 12.1. The van der Waals surface area contributed by atoms with Crippen LogP contribution in [0, 0.1) is 17.1 Å². The summed E-state index contributed by atoms with van der Waals surface area (Å²) in [6.45, 7) is 0.279. The van der Waals surface area contributed by atoms with Gasteiger partial charge in [-0.25, -0.2) is 14.4 Å². The molecule has 4 nitrogen and oxygen atoms in total. The summed E-state index contributed by atoms with van der Waals surface area (Å²) in [5, 5.41) is 11.5. The Balaban J connectivity index is 2.08. The summed E-state index contributed by atoms with van der Waals surface area (Å²) < 4.78 is 13.3. The van der Waals surface area contributed by atoms with Crippen molar-refractivity contribution in [1.29, 1.82) is 5.26 Å². The van der Waals surface area contributed by atoms with E-state index in [0.29, 0.717) is 11.5 Å². The highest BCUT2D eigenvalue weighted by molar-refractivity contribution is 5.31. The maximum Gasteiger partial charge on any atom is 0.224 e. The minimum Gasteiger partial charge on any atom is -0.350 e. The molecule has 0 saturated heterocycles. The van der Waals surface area contributed by atoms with Crippen molar-refractivity contribution in [1.82, 2.24) is 9.97 Å². The van der Waals surface area contributed by atoms with Crippen molar-refractivity contribution in [3.63, 3.8) is 0 Å². The van der Waals surface area contributed by atoms with Gasteiger partial charge in [-0.1, -0.05) is 18.2 Å². The summed E-state index contributed by atoms with van der Waals surface area (Å²) in [4.78, 5) is 7.87. The number of halogens is 1. The molecule has 1 aromatic heterocycles. The van der Waals surface area contributed by atoms with E-state index >= 15 is 0 Å². The van der Waals surface area contributed by atoms with Crippen molar-refractivity contribution < 1.29 is 4.39 Å². The highest BCUT2D eigenvalue weighted by Crippen LogP contribution is 2.08. The van der Waals surface area contributed by atoms with Crippen molar-refractivity contribution in [2.45, 2.75) is 6.54 Å². The van der Waals surface area contributed by atoms with Crippen LogP contribution in [-0.2, 0) is 6.54 Å². The summed E-state index contributed by atoms with van der Waals surface area (Å²) >= 11 is 0. The van der Waals surface area contributed by atoms with Crippen LogP contribution in [0.1, 0.15) is 11.3 Å². The molecule has 84 valence electrons. The van der Waals surface area contributed by atoms with E-state index in [1.54, 1.807) is 18.2 Å². The Morgan fingerprint density at radius 3 is 2.88 bits per heavy atom. The quantitative estimate of drug-likeness (QED) is 0.873. The zero-order valence-corrected chi connectivity index (χ0v) is 8.89. The number of anilines is 1. The number of benzene rings is 1. The van der Waals surface area contributed by atoms with Crippen LogP contribution in [0.2, 0.25) is 0 Å². The lowest BCUT2D eigenvalue weighted by Gasteiger charge is -2.05. The predicted molar refractivity (Wildman–Crippen MR) is 60.5 cm³/mol. The standard InChI is InChI=1S/C12H9FN4/c13-11-4-2-1-3-9(11)8-16-12-15-6-5-10(7-14)17-12/h1-6H,8H2,(H,15,16,17). The summed E-state index contributed by atoms with van der Waals surface area (Å²) in [5.41, 5.74) is 0.800. The fourth-order valence-corrected chi connectivity index (χ4v) is 1.32. The van der Waals surface area contributed by atoms with Gasteiger partial charge in [-0.2, -0.15) is 5.26 Å². The number of nitrogens with zero attached hydrogens (tertiary/aromatic N) is 3. The zero-order valence-electron chi connectivity index (χ0n) is 8.89. The second kappa shape index (κ2) is 5.03. The van der Waals surface area contributed by atoms with Gasteiger partial charge in [-0.15, -0.1) is 0 Å². The number of rotatable bonds is 3. The molecule has 1 N–H and O–H groups in total. The second-order valence-electron chi connectivity index (χ2n) is 3.32. The third-order valence-electron chi connectivity index (χ3n) is 2.16. The molecule has 0 spiro atoms. The Morgan fingerprint density at radius 1 is 1.29 bits per heavy atom. The van der Waals surface area contributed by atoms with Crippen molar-refractivity contribution >= 4 is 5.95 Å². The molecular formula is C12H9FN4. The van der Waals surface area contributed by atoms with E-state index in [1.165, 1.54) is 18.3 Å². The Morgan fingerprint density at radius 2 is 2.12 bits per heavy atom. The second-order valence-corrected chi connectivity index (χ2v) is 3.32. The van der Waals surface area contributed by atoms with Gasteiger partial charge in [0.25, 0.3) is 0 Å². The summed E-state index contributed by atoms with van der Waals surface area (Å²) in [5.74, 6) is 0.0312. The first-order valence-corrected chi connectivity index (χ1v) is 5.00. The molecule has 0 aliphatic rings. The average molecular weight is 228 g/mol. The number of nitriles is 1. The Labute approximate surface area is 97.8 Å². The summed E-state index contributed by atoms with van der Waals surface area (Å²) in [6.07, 6.45) is 1.48. The first-order chi connectivity index (χ1) is 8.29. The average Bonchev–Trinajstić information content (AvgIpc) is 2.38. The van der Waals surface area contributed by atoms with Gasteiger partial charge < -0.3 is 5.32 Å². The molecule has 2 aromatic rings. The van der Waals surface area contributed by atoms with Gasteiger partial charge in [0.2, 0.25) is 5.95 Å². The van der Waals surface area contributed by atoms with Crippen LogP contribution < -0.4 is 5.32 Å². The van der Waals surface area contributed by atoms with E-state index in [0.717, 1.165) is 0 Å². The molecule has 17 heavy (non-hydrogen) atoms. The van der Waals surface area contributed by atoms with E-state index in [2.05, 4.69) is 15.3 Å². The van der Waals surface area contributed by atoms with Crippen LogP contribution in [0.25, 0.3) is 0 Å². The lowest BCUT2D eigenvalue weighted by Crippen LogP contribution is -2.05. The molecule has 0 atom stereocenters. The lowest BCUT2D eigenvalue weighted by atomic mass is 10.2. The van der Waals surface area contributed by atoms with Crippen LogP contribution in [0.4, 0.5) is 10.3 Å². The summed E-state index contributed by atoms with van der Waals surface area (Å²) in [6, 6.07) is 9.88. The highest BCUT2D eigenvalue weighted by atomic mass is 19.1. The van der Waals surface area contributed by atoms with Gasteiger partial charge in [-0.05, 0) is 12.1 Å². The molecule has 0 aliphatic heterocycles. The van der Waals surface area contributed by atoms with E-state index in [4.69, 9.17) is 5.26 Å². The SMILES string of the molecule is N#Cc1ccnc(NCc2ccccc2F)n1. The largest absolute Gasteiger partial charge is 0.350 e. The Kier molecular flexibility index (Phi) is 3.26. The number of hydrogen-bond donors (Lipinski definition) is 1. The molecule has 5 heteroatoms. The first kappa shape index (κ1) is 11.0. The summed E-state index contributed by atoms with van der Waals surface area (Å²) in [7, 11) is 0. The van der Waals surface area contributed by atoms with Gasteiger partial charge in [0, 0.05) is 18.3 Å². The fraction of sp³-hybridized carbons (Fsp3) is 0.0833. The topological polar surface area (TPSA) is 61.6 Å². The molecule has 0 saturated carbocycles. The van der Waals surface area contributed by atoms with Crippen LogP contribution in [0.3, 0.4) is 0 Å². The maximum atomic E-state index is 13.3. The predicted octanol–water partition coefficient (Wildman–Crippen LogP) is 2.10. The van der Waals surface area contributed by atoms with Crippen molar-refractivity contribution in [3.05, 3.63) is 53.6 Å². The molecule has 0 aliphatic carbocycles. The molecule has 1 heterocycles. The van der Waals surface area contributed by atoms with Crippen molar-refractivity contribution in [3.8, 4) is 6.07 Å². The van der Waals surface area contributed by atoms with E-state index in [-0.39, 0.29) is 18.1 Å². The molecule has 0 bridgehead atoms. The third-order valence-corrected chi connectivity index (χ3v) is 2.16. The van der Waals surface area contributed by atoms with E-state index in [9.17, 15) is 4.39 Å². The van der Waals surface area contributed by atoms with Crippen molar-refractivity contribution in [2.24, 2.45) is 0 Å². The van der Waals surface area contributed by atoms with Gasteiger partial charge in [0.05, 0.1) is 0 Å². The number of aromatic nitrogens is 2. The Hall–Kier alpha value is -2.48. The van der Waals surface area contributed by atoms with Crippen molar-refractivity contribution in [2.75, 3.05) is 5.32 Å². The normalized spacial score (nSPS) is 9.65. The van der Waals surface area contributed by atoms with Crippen LogP contribution in [0.15, 0.2) is 36.5 Å². The van der Waals surface area contributed by atoms with E-state index < -0.39 is 0 Å². The maximum absolute atomic E-state index is 13.3. The molecular weight excluding hydrogens is 219 g/mol. The minimum atomic E-state index is -0.281. The third kappa shape index (κ3) is 2.75. The number of nitrogens with one attached hydrogen (secondary N) is 1. The van der Waals surface area contributed by atoms with Crippen LogP contribution >= 0.6 is 0 Å². The molecule has 2 rings (SSSR count). The molecule has 0 radical (unpaired) electrons. The molecule has 0 unspecified atom stereocenters. The van der Waals surface area contributed by atoms with Crippen LogP contribution in [-0.4, -0.2) is 9.97 Å². The van der Waals surface area contributed by atoms with Gasteiger partial charge >= 0.3 is 0 Å². The smallest absolute Gasteiger partial charge is 0.224 e. The van der Waals surface area contributed by atoms with Gasteiger partial charge in [-0.3, -0.25) is 0 Å². The van der Waals surface area contributed by atoms with Gasteiger partial charge in [0.15, 0.2) is 0 Å². The fourth-order valence-electron chi connectivity index (χ4n) is 1.32. The Bertz CT molecular complexity index is 562. The minimum absolute atomic E-state index is 0.274. The lowest BCUT2D eigenvalue weighted by molar-refractivity contribution is 0.612. The number of hydrogen-bond acceptors (Lipinski definition) is 4. The van der Waals surface area contributed by atoms with Gasteiger partial charge in [0.1, 0.15) is 17.6 Å². The van der Waals surface area contributed by atoms with E-state index in [1.807, 2.05) is 6.07 Å². The highest BCUT2D eigenvalue weighted by Gasteiger charge is 2.02. The molecule has 1 aromatic carbocycles. The first-order valence-electron chi connectivity index (χ1n) is 5.00. The monoisotopic (exact) mass is 228 g/mol. The molecule has 0 fully saturated rings.